The molecule has 0 saturated carbocycles. The number of nitrogens with one attached hydrogen (secondary N) is 1. The van der Waals surface area contributed by atoms with Gasteiger partial charge < -0.3 is 5.32 Å². The SMILES string of the molecule is CC.CC1=N/C(=C\c2cccs2)C(=O)N1. The first kappa shape index (κ1) is 11.7. The third-order valence-corrected chi connectivity index (χ3v) is 2.46. The van der Waals surface area contributed by atoms with Crippen molar-refractivity contribution < 1.29 is 4.79 Å². The van der Waals surface area contributed by atoms with Gasteiger partial charge in [0.15, 0.2) is 0 Å². The fourth-order valence-electron chi connectivity index (χ4n) is 1.09. The summed E-state index contributed by atoms with van der Waals surface area (Å²) in [6, 6.07) is 3.90. The van der Waals surface area contributed by atoms with E-state index in [0.717, 1.165) is 4.88 Å². The number of aliphatic imine (C=N–C) groups is 1. The fourth-order valence-corrected chi connectivity index (χ4v) is 1.74. The van der Waals surface area contributed by atoms with E-state index in [1.54, 1.807) is 24.3 Å². The minimum absolute atomic E-state index is 0.120. The second-order valence-electron chi connectivity index (χ2n) is 2.70. The summed E-state index contributed by atoms with van der Waals surface area (Å²) >= 11 is 1.59. The largest absolute Gasteiger partial charge is 0.309 e. The third kappa shape index (κ3) is 3.02. The Hall–Kier alpha value is -1.42. The number of carbonyl (C=O) groups excluding carboxylic acids is 1. The van der Waals surface area contributed by atoms with Crippen molar-refractivity contribution in [1.82, 2.24) is 5.32 Å². The second kappa shape index (κ2) is 5.46. The Balaban J connectivity index is 0.000000531. The summed E-state index contributed by atoms with van der Waals surface area (Å²) in [7, 11) is 0. The van der Waals surface area contributed by atoms with Crippen LogP contribution in [0.25, 0.3) is 6.08 Å². The number of nitrogens with zero attached hydrogens (tertiary/aromatic N) is 1. The molecule has 1 aromatic heterocycles. The van der Waals surface area contributed by atoms with Gasteiger partial charge in [-0.25, -0.2) is 4.99 Å². The molecule has 3 nitrogen and oxygen atoms in total. The van der Waals surface area contributed by atoms with E-state index in [4.69, 9.17) is 0 Å². The fraction of sp³-hybridized carbons (Fsp3) is 0.273. The van der Waals surface area contributed by atoms with Crippen molar-refractivity contribution in [1.29, 1.82) is 0 Å². The first-order valence-electron chi connectivity index (χ1n) is 4.87. The Kier molecular flexibility index (Phi) is 4.24. The van der Waals surface area contributed by atoms with Crippen molar-refractivity contribution in [3.63, 3.8) is 0 Å². The summed E-state index contributed by atoms with van der Waals surface area (Å²) in [4.78, 5) is 16.3. The van der Waals surface area contributed by atoms with Gasteiger partial charge in [0, 0.05) is 4.88 Å². The monoisotopic (exact) mass is 222 g/mol. The van der Waals surface area contributed by atoms with Gasteiger partial charge in [-0.15, -0.1) is 11.3 Å². The van der Waals surface area contributed by atoms with Gasteiger partial charge >= 0.3 is 0 Å². The van der Waals surface area contributed by atoms with Crippen LogP contribution in [-0.2, 0) is 4.79 Å². The van der Waals surface area contributed by atoms with E-state index in [1.807, 2.05) is 31.4 Å². The molecule has 15 heavy (non-hydrogen) atoms. The van der Waals surface area contributed by atoms with Crippen LogP contribution in [0.5, 0.6) is 0 Å². The van der Waals surface area contributed by atoms with E-state index in [-0.39, 0.29) is 5.91 Å². The van der Waals surface area contributed by atoms with Crippen molar-refractivity contribution in [3.8, 4) is 0 Å². The van der Waals surface area contributed by atoms with Crippen molar-refractivity contribution in [2.24, 2.45) is 4.99 Å². The van der Waals surface area contributed by atoms with E-state index in [9.17, 15) is 4.79 Å². The molecular formula is C11H14N2OS. The molecule has 0 radical (unpaired) electrons. The number of amidine groups is 1. The molecule has 1 aromatic rings. The Morgan fingerprint density at radius 2 is 2.20 bits per heavy atom. The zero-order valence-corrected chi connectivity index (χ0v) is 9.89. The van der Waals surface area contributed by atoms with Crippen LogP contribution in [0, 0.1) is 0 Å². The minimum Gasteiger partial charge on any atom is -0.309 e. The standard InChI is InChI=1S/C9H8N2OS.C2H6/c1-6-10-8(9(12)11-6)5-7-3-2-4-13-7;1-2/h2-5H,1H3,(H,10,11,12);1-2H3/b8-5-;. The zero-order valence-electron chi connectivity index (χ0n) is 9.07. The van der Waals surface area contributed by atoms with Crippen LogP contribution >= 0.6 is 11.3 Å². The van der Waals surface area contributed by atoms with E-state index in [1.165, 1.54) is 0 Å². The van der Waals surface area contributed by atoms with Crippen LogP contribution in [0.1, 0.15) is 25.6 Å². The summed E-state index contributed by atoms with van der Waals surface area (Å²) in [6.07, 6.45) is 1.79. The van der Waals surface area contributed by atoms with Crippen LogP contribution in [0.3, 0.4) is 0 Å². The lowest BCUT2D eigenvalue weighted by Gasteiger charge is -1.88. The van der Waals surface area contributed by atoms with E-state index in [0.29, 0.717) is 11.5 Å². The van der Waals surface area contributed by atoms with Crippen molar-refractivity contribution >= 4 is 29.2 Å². The van der Waals surface area contributed by atoms with Gasteiger partial charge in [-0.2, -0.15) is 0 Å². The highest BCUT2D eigenvalue weighted by Crippen LogP contribution is 2.15. The Morgan fingerprint density at radius 3 is 2.67 bits per heavy atom. The first-order valence-corrected chi connectivity index (χ1v) is 5.75. The summed E-state index contributed by atoms with van der Waals surface area (Å²) in [6.45, 7) is 5.77. The highest BCUT2D eigenvalue weighted by Gasteiger charge is 2.16. The Bertz CT molecular complexity index is 391. The molecule has 0 unspecified atom stereocenters. The number of amides is 1. The predicted molar refractivity (Wildman–Crippen MR) is 64.9 cm³/mol. The average molecular weight is 222 g/mol. The molecule has 0 spiro atoms. The van der Waals surface area contributed by atoms with Gasteiger partial charge in [0.05, 0.1) is 0 Å². The molecule has 2 rings (SSSR count). The first-order chi connectivity index (χ1) is 7.25. The maximum atomic E-state index is 11.2. The molecule has 4 heteroatoms. The lowest BCUT2D eigenvalue weighted by molar-refractivity contribution is -0.115. The molecule has 0 saturated heterocycles. The third-order valence-electron chi connectivity index (χ3n) is 1.64. The molecule has 1 aliphatic rings. The molecule has 2 heterocycles. The van der Waals surface area contributed by atoms with Gasteiger partial charge in [0.2, 0.25) is 0 Å². The predicted octanol–water partition coefficient (Wildman–Crippen LogP) is 2.66. The summed E-state index contributed by atoms with van der Waals surface area (Å²) in [5.41, 5.74) is 0.486. The number of thiophene rings is 1. The van der Waals surface area contributed by atoms with Crippen LogP contribution in [0.2, 0.25) is 0 Å². The highest BCUT2D eigenvalue weighted by atomic mass is 32.1. The molecule has 0 bridgehead atoms. The van der Waals surface area contributed by atoms with Crippen LogP contribution in [0.15, 0.2) is 28.2 Å². The summed E-state index contributed by atoms with van der Waals surface area (Å²) < 4.78 is 0. The lowest BCUT2D eigenvalue weighted by Crippen LogP contribution is -2.21. The second-order valence-corrected chi connectivity index (χ2v) is 3.68. The Labute approximate surface area is 93.5 Å². The maximum absolute atomic E-state index is 11.2. The highest BCUT2D eigenvalue weighted by molar-refractivity contribution is 7.10. The van der Waals surface area contributed by atoms with Crippen molar-refractivity contribution in [2.45, 2.75) is 20.8 Å². The lowest BCUT2D eigenvalue weighted by atomic mass is 10.3. The molecule has 0 atom stereocenters. The molecule has 0 fully saturated rings. The molecule has 1 N–H and O–H groups in total. The minimum atomic E-state index is -0.120. The maximum Gasteiger partial charge on any atom is 0.275 e. The molecular weight excluding hydrogens is 208 g/mol. The van der Waals surface area contributed by atoms with Gasteiger partial charge in [0.1, 0.15) is 11.5 Å². The number of rotatable bonds is 1. The summed E-state index contributed by atoms with van der Waals surface area (Å²) in [5.74, 6) is 0.540. The number of hydrogen-bond acceptors (Lipinski definition) is 3. The zero-order chi connectivity index (χ0) is 11.3. The van der Waals surface area contributed by atoms with Crippen molar-refractivity contribution in [3.05, 3.63) is 28.1 Å². The van der Waals surface area contributed by atoms with Gasteiger partial charge in [0.25, 0.3) is 5.91 Å². The van der Waals surface area contributed by atoms with Crippen LogP contribution in [0.4, 0.5) is 0 Å². The molecule has 0 aromatic carbocycles. The molecule has 1 amide bonds. The van der Waals surface area contributed by atoms with Crippen LogP contribution in [-0.4, -0.2) is 11.7 Å². The number of carbonyl (C=O) groups is 1. The molecule has 1 aliphatic heterocycles. The van der Waals surface area contributed by atoms with Crippen LogP contribution < -0.4 is 5.32 Å². The normalized spacial score (nSPS) is 16.9. The van der Waals surface area contributed by atoms with E-state index in [2.05, 4.69) is 10.3 Å². The van der Waals surface area contributed by atoms with Gasteiger partial charge in [-0.1, -0.05) is 19.9 Å². The van der Waals surface area contributed by atoms with Crippen molar-refractivity contribution in [2.75, 3.05) is 0 Å². The smallest absolute Gasteiger partial charge is 0.275 e. The topological polar surface area (TPSA) is 41.5 Å². The summed E-state index contributed by atoms with van der Waals surface area (Å²) in [5, 5.41) is 4.59. The molecule has 0 aliphatic carbocycles. The van der Waals surface area contributed by atoms with Gasteiger partial charge in [-0.3, -0.25) is 4.79 Å². The Morgan fingerprint density at radius 1 is 1.47 bits per heavy atom. The van der Waals surface area contributed by atoms with E-state index >= 15 is 0 Å². The molecule has 80 valence electrons. The quantitative estimate of drug-likeness (QED) is 0.729. The van der Waals surface area contributed by atoms with E-state index < -0.39 is 0 Å². The van der Waals surface area contributed by atoms with Gasteiger partial charge in [-0.05, 0) is 24.4 Å². The number of hydrogen-bond donors (Lipinski definition) is 1. The average Bonchev–Trinajstić information content (AvgIpc) is 2.82.